The van der Waals surface area contributed by atoms with Gasteiger partial charge in [-0.3, -0.25) is 4.98 Å². The minimum atomic E-state index is 0.638. The summed E-state index contributed by atoms with van der Waals surface area (Å²) in [5.74, 6) is 0. The van der Waals surface area contributed by atoms with Crippen molar-refractivity contribution in [3.8, 4) is 0 Å². The molecule has 1 atom stereocenters. The molecule has 0 radical (unpaired) electrons. The highest BCUT2D eigenvalue weighted by molar-refractivity contribution is 5.94. The molecule has 0 bridgehead atoms. The summed E-state index contributed by atoms with van der Waals surface area (Å²) < 4.78 is 0. The van der Waals surface area contributed by atoms with E-state index in [-0.39, 0.29) is 0 Å². The molecule has 1 aliphatic carbocycles. The van der Waals surface area contributed by atoms with Gasteiger partial charge in [0.15, 0.2) is 0 Å². The molecule has 0 unspecified atom stereocenters. The third kappa shape index (κ3) is 2.33. The van der Waals surface area contributed by atoms with Crippen LogP contribution in [0.1, 0.15) is 38.3 Å². The van der Waals surface area contributed by atoms with Gasteiger partial charge in [0, 0.05) is 48.1 Å². The predicted octanol–water partition coefficient (Wildman–Crippen LogP) is 4.13. The number of aryl methyl sites for hydroxylation is 1. The molecular weight excluding hydrogens is 270 g/mol. The zero-order valence-electron chi connectivity index (χ0n) is 13.8. The van der Waals surface area contributed by atoms with E-state index in [2.05, 4.69) is 55.0 Å². The van der Waals surface area contributed by atoms with E-state index in [1.807, 2.05) is 0 Å². The normalized spacial score (nSPS) is 21.6. The molecule has 22 heavy (non-hydrogen) atoms. The van der Waals surface area contributed by atoms with Crippen LogP contribution in [0.15, 0.2) is 24.3 Å². The molecule has 1 aliphatic heterocycles. The van der Waals surface area contributed by atoms with Gasteiger partial charge in [0.1, 0.15) is 0 Å². The molecular formula is C19H25N3. The van der Waals surface area contributed by atoms with Gasteiger partial charge >= 0.3 is 0 Å². The average Bonchev–Trinajstić information content (AvgIpc) is 3.27. The fraction of sp³-hybridized carbons (Fsp3) is 0.526. The summed E-state index contributed by atoms with van der Waals surface area (Å²) in [6.07, 6.45) is 5.25. The largest absolute Gasteiger partial charge is 0.372 e. The van der Waals surface area contributed by atoms with Crippen molar-refractivity contribution in [2.45, 2.75) is 51.6 Å². The zero-order valence-corrected chi connectivity index (χ0v) is 13.8. The first-order chi connectivity index (χ1) is 10.6. The number of aromatic nitrogens is 1. The molecule has 1 aromatic carbocycles. The maximum Gasteiger partial charge on any atom is 0.0746 e. The van der Waals surface area contributed by atoms with Crippen LogP contribution in [0.5, 0.6) is 0 Å². The van der Waals surface area contributed by atoms with Gasteiger partial charge in [0.05, 0.1) is 5.52 Å². The van der Waals surface area contributed by atoms with E-state index in [4.69, 9.17) is 4.98 Å². The lowest BCUT2D eigenvalue weighted by atomic mass is 10.1. The summed E-state index contributed by atoms with van der Waals surface area (Å²) >= 11 is 0. The standard InChI is InChI=1S/C19H25N3/c1-13-11-19(22-10-4-5-14(22)2)17-9-8-16(12-18(17)20-13)21(3)15-6-7-15/h8-9,11-12,14-15H,4-7,10H2,1-3H3/t14-/m1/s1. The van der Waals surface area contributed by atoms with Crippen molar-refractivity contribution in [3.05, 3.63) is 30.0 Å². The third-order valence-corrected chi connectivity index (χ3v) is 5.26. The smallest absolute Gasteiger partial charge is 0.0746 e. The summed E-state index contributed by atoms with van der Waals surface area (Å²) in [6.45, 7) is 5.62. The lowest BCUT2D eigenvalue weighted by Gasteiger charge is -2.26. The number of pyridine rings is 1. The Kier molecular flexibility index (Phi) is 3.24. The van der Waals surface area contributed by atoms with Crippen molar-refractivity contribution < 1.29 is 0 Å². The van der Waals surface area contributed by atoms with Crippen LogP contribution in [0.3, 0.4) is 0 Å². The molecule has 2 aliphatic rings. The lowest BCUT2D eigenvalue weighted by Crippen LogP contribution is -2.26. The zero-order chi connectivity index (χ0) is 15.3. The van der Waals surface area contributed by atoms with E-state index in [1.165, 1.54) is 49.0 Å². The number of anilines is 2. The monoisotopic (exact) mass is 295 g/mol. The number of rotatable bonds is 3. The molecule has 4 rings (SSSR count). The van der Waals surface area contributed by atoms with Crippen molar-refractivity contribution >= 4 is 22.3 Å². The van der Waals surface area contributed by atoms with Gasteiger partial charge < -0.3 is 9.80 Å². The van der Waals surface area contributed by atoms with Crippen LogP contribution in [0, 0.1) is 6.92 Å². The van der Waals surface area contributed by atoms with Crippen LogP contribution < -0.4 is 9.80 Å². The van der Waals surface area contributed by atoms with Crippen LogP contribution in [0.4, 0.5) is 11.4 Å². The number of fused-ring (bicyclic) bond motifs is 1. The van der Waals surface area contributed by atoms with E-state index in [9.17, 15) is 0 Å². The first-order valence-electron chi connectivity index (χ1n) is 8.54. The Bertz CT molecular complexity index is 705. The van der Waals surface area contributed by atoms with Crippen LogP contribution in [-0.2, 0) is 0 Å². The predicted molar refractivity (Wildman–Crippen MR) is 93.9 cm³/mol. The Hall–Kier alpha value is -1.77. The fourth-order valence-corrected chi connectivity index (χ4v) is 3.75. The van der Waals surface area contributed by atoms with E-state index in [1.54, 1.807) is 0 Å². The van der Waals surface area contributed by atoms with Gasteiger partial charge in [-0.25, -0.2) is 0 Å². The molecule has 2 heterocycles. The Morgan fingerprint density at radius 1 is 1.18 bits per heavy atom. The summed E-state index contributed by atoms with van der Waals surface area (Å²) in [6, 6.07) is 10.4. The number of nitrogens with zero attached hydrogens (tertiary/aromatic N) is 3. The van der Waals surface area contributed by atoms with Gasteiger partial charge in [-0.15, -0.1) is 0 Å². The summed E-state index contributed by atoms with van der Waals surface area (Å²) in [5.41, 5.74) is 4.92. The molecule has 0 N–H and O–H groups in total. The summed E-state index contributed by atoms with van der Waals surface area (Å²) in [7, 11) is 2.21. The summed E-state index contributed by atoms with van der Waals surface area (Å²) in [5, 5.41) is 1.30. The number of benzene rings is 1. The molecule has 1 saturated heterocycles. The highest BCUT2D eigenvalue weighted by Crippen LogP contribution is 2.36. The molecule has 116 valence electrons. The van der Waals surface area contributed by atoms with E-state index >= 15 is 0 Å². The molecule has 2 fully saturated rings. The van der Waals surface area contributed by atoms with Crippen LogP contribution in [0.25, 0.3) is 10.9 Å². The van der Waals surface area contributed by atoms with Gasteiger partial charge in [0.2, 0.25) is 0 Å². The van der Waals surface area contributed by atoms with Crippen LogP contribution in [0.2, 0.25) is 0 Å². The fourth-order valence-electron chi connectivity index (χ4n) is 3.75. The molecule has 3 nitrogen and oxygen atoms in total. The molecule has 0 amide bonds. The van der Waals surface area contributed by atoms with Crippen molar-refractivity contribution in [3.63, 3.8) is 0 Å². The average molecular weight is 295 g/mol. The van der Waals surface area contributed by atoms with Gasteiger partial charge in [-0.1, -0.05) is 0 Å². The van der Waals surface area contributed by atoms with Crippen molar-refractivity contribution in [1.29, 1.82) is 0 Å². The minimum Gasteiger partial charge on any atom is -0.372 e. The van der Waals surface area contributed by atoms with E-state index in [0.717, 1.165) is 17.3 Å². The maximum absolute atomic E-state index is 4.80. The molecule has 1 saturated carbocycles. The van der Waals surface area contributed by atoms with Gasteiger partial charge in [-0.05, 0) is 63.8 Å². The Morgan fingerprint density at radius 2 is 2.00 bits per heavy atom. The summed E-state index contributed by atoms with van der Waals surface area (Å²) in [4.78, 5) is 9.76. The van der Waals surface area contributed by atoms with Crippen molar-refractivity contribution in [2.24, 2.45) is 0 Å². The second kappa shape index (κ2) is 5.15. The van der Waals surface area contributed by atoms with E-state index < -0.39 is 0 Å². The highest BCUT2D eigenvalue weighted by atomic mass is 15.2. The SMILES string of the molecule is Cc1cc(N2CCC[C@H]2C)c2ccc(N(C)C3CC3)cc2n1. The molecule has 0 spiro atoms. The first kappa shape index (κ1) is 13.9. The number of hydrogen-bond acceptors (Lipinski definition) is 3. The van der Waals surface area contributed by atoms with Crippen LogP contribution in [-0.4, -0.2) is 30.7 Å². The molecule has 1 aromatic heterocycles. The van der Waals surface area contributed by atoms with E-state index in [0.29, 0.717) is 6.04 Å². The van der Waals surface area contributed by atoms with Gasteiger partial charge in [0.25, 0.3) is 0 Å². The third-order valence-electron chi connectivity index (χ3n) is 5.26. The van der Waals surface area contributed by atoms with Crippen molar-refractivity contribution in [1.82, 2.24) is 4.98 Å². The van der Waals surface area contributed by atoms with Crippen LogP contribution >= 0.6 is 0 Å². The molecule has 3 heteroatoms. The Morgan fingerprint density at radius 3 is 2.68 bits per heavy atom. The van der Waals surface area contributed by atoms with Crippen molar-refractivity contribution in [2.75, 3.05) is 23.4 Å². The lowest BCUT2D eigenvalue weighted by molar-refractivity contribution is 0.736. The second-order valence-electron chi connectivity index (χ2n) is 7.01. The second-order valence-corrected chi connectivity index (χ2v) is 7.01. The quantitative estimate of drug-likeness (QED) is 0.848. The Balaban J connectivity index is 1.80. The topological polar surface area (TPSA) is 19.4 Å². The minimum absolute atomic E-state index is 0.638. The number of hydrogen-bond donors (Lipinski definition) is 0. The van der Waals surface area contributed by atoms with Gasteiger partial charge in [-0.2, -0.15) is 0 Å². The first-order valence-corrected chi connectivity index (χ1v) is 8.54. The highest BCUT2D eigenvalue weighted by Gasteiger charge is 2.27. The maximum atomic E-state index is 4.80. The molecule has 2 aromatic rings. The Labute approximate surface area is 132 Å².